The van der Waals surface area contributed by atoms with Crippen molar-refractivity contribution in [3.05, 3.63) is 52.2 Å². The number of fused-ring (bicyclic) bond motifs is 4. The number of benzene rings is 1. The van der Waals surface area contributed by atoms with Gasteiger partial charge in [0.05, 0.1) is 11.2 Å². The first kappa shape index (κ1) is 21.2. The van der Waals surface area contributed by atoms with E-state index in [9.17, 15) is 4.79 Å². The van der Waals surface area contributed by atoms with Crippen molar-refractivity contribution in [1.29, 1.82) is 0 Å². The van der Waals surface area contributed by atoms with Gasteiger partial charge in [-0.05, 0) is 37.8 Å². The summed E-state index contributed by atoms with van der Waals surface area (Å²) in [5, 5.41) is 1.89. The van der Waals surface area contributed by atoms with Crippen LogP contribution in [0.2, 0.25) is 5.02 Å². The number of pyridine rings is 1. The highest BCUT2D eigenvalue weighted by Gasteiger charge is 2.40. The molecule has 9 heteroatoms. The Hall–Kier alpha value is -2.61. The maximum Gasteiger partial charge on any atom is 0.258 e. The summed E-state index contributed by atoms with van der Waals surface area (Å²) < 4.78 is 1.55. The fraction of sp³-hybridized carbons (Fsp3) is 0.348. The second-order valence-electron chi connectivity index (χ2n) is 8.77. The van der Waals surface area contributed by atoms with Gasteiger partial charge < -0.3 is 20.2 Å². The van der Waals surface area contributed by atoms with Crippen molar-refractivity contribution in [2.24, 2.45) is 12.8 Å². The molecule has 2 aliphatic heterocycles. The summed E-state index contributed by atoms with van der Waals surface area (Å²) in [5.74, 6) is 0.911. The minimum absolute atomic E-state index is 0. The highest BCUT2D eigenvalue weighted by atomic mass is 35.5. The average molecular weight is 471 g/mol. The number of aryl methyl sites for hydroxylation is 1. The fourth-order valence-corrected chi connectivity index (χ4v) is 5.73. The third-order valence-corrected chi connectivity index (χ3v) is 7.29. The number of halogens is 2. The molecule has 2 aliphatic rings. The van der Waals surface area contributed by atoms with Crippen LogP contribution in [0.4, 0.5) is 5.82 Å². The smallest absolute Gasteiger partial charge is 0.258 e. The Labute approximate surface area is 196 Å². The van der Waals surface area contributed by atoms with Crippen LogP contribution in [0.15, 0.2) is 41.6 Å². The fourth-order valence-electron chi connectivity index (χ4n) is 5.40. The van der Waals surface area contributed by atoms with Crippen molar-refractivity contribution in [2.45, 2.75) is 43.8 Å². The topological polar surface area (TPSA) is 92.8 Å². The van der Waals surface area contributed by atoms with E-state index in [1.165, 1.54) is 12.8 Å². The van der Waals surface area contributed by atoms with E-state index < -0.39 is 0 Å². The number of aromatic amines is 1. The van der Waals surface area contributed by atoms with Gasteiger partial charge in [-0.25, -0.2) is 9.97 Å². The zero-order valence-electron chi connectivity index (χ0n) is 17.6. The zero-order chi connectivity index (χ0) is 21.3. The molecule has 7 nitrogen and oxygen atoms in total. The van der Waals surface area contributed by atoms with E-state index >= 15 is 0 Å². The summed E-state index contributed by atoms with van der Waals surface area (Å²) in [6, 6.07) is 6.78. The zero-order valence-corrected chi connectivity index (χ0v) is 19.2. The monoisotopic (exact) mass is 470 g/mol. The number of anilines is 1. The van der Waals surface area contributed by atoms with Crippen LogP contribution in [0.3, 0.4) is 0 Å². The van der Waals surface area contributed by atoms with Crippen LogP contribution in [-0.2, 0) is 7.05 Å². The molecule has 0 saturated carbocycles. The Morgan fingerprint density at radius 2 is 1.88 bits per heavy atom. The lowest BCUT2D eigenvalue weighted by molar-refractivity contribution is 0.412. The van der Waals surface area contributed by atoms with Crippen molar-refractivity contribution in [1.82, 2.24) is 19.5 Å². The molecule has 2 fully saturated rings. The Morgan fingerprint density at radius 3 is 2.62 bits per heavy atom. The second kappa shape index (κ2) is 7.76. The molecule has 0 radical (unpaired) electrons. The predicted molar refractivity (Wildman–Crippen MR) is 131 cm³/mol. The molecule has 166 valence electrons. The van der Waals surface area contributed by atoms with Gasteiger partial charge in [0.2, 0.25) is 0 Å². The Kier molecular flexibility index (Phi) is 5.15. The third-order valence-electron chi connectivity index (χ3n) is 6.89. The van der Waals surface area contributed by atoms with Crippen LogP contribution in [0, 0.1) is 0 Å². The molecule has 0 spiro atoms. The van der Waals surface area contributed by atoms with Gasteiger partial charge in [0.25, 0.3) is 5.56 Å². The van der Waals surface area contributed by atoms with E-state index in [2.05, 4.69) is 9.88 Å². The SMILES string of the molecule is Cl.Cn1ccc2c(Cl)c(-c3c[nH]c4nc(N5C6CCC5CC(N)C6)cnc34)ccc2c1=O. The lowest BCUT2D eigenvalue weighted by atomic mass is 9.98. The lowest BCUT2D eigenvalue weighted by Crippen LogP contribution is -2.47. The summed E-state index contributed by atoms with van der Waals surface area (Å²) in [7, 11) is 1.73. The third kappa shape index (κ3) is 3.10. The molecule has 6 rings (SSSR count). The van der Waals surface area contributed by atoms with Crippen LogP contribution >= 0.6 is 24.0 Å². The molecule has 2 bridgehead atoms. The van der Waals surface area contributed by atoms with Crippen LogP contribution in [0.5, 0.6) is 0 Å². The van der Waals surface area contributed by atoms with E-state index in [1.54, 1.807) is 17.8 Å². The first-order valence-electron chi connectivity index (χ1n) is 10.7. The number of hydrogen-bond donors (Lipinski definition) is 2. The van der Waals surface area contributed by atoms with Gasteiger partial charge >= 0.3 is 0 Å². The van der Waals surface area contributed by atoms with Crippen molar-refractivity contribution < 1.29 is 0 Å². The number of nitrogens with one attached hydrogen (secondary N) is 1. The molecule has 0 aliphatic carbocycles. The molecule has 3 N–H and O–H groups in total. The van der Waals surface area contributed by atoms with Gasteiger partial charge in [-0.2, -0.15) is 0 Å². The van der Waals surface area contributed by atoms with E-state index in [4.69, 9.17) is 27.3 Å². The largest absolute Gasteiger partial charge is 0.349 e. The highest BCUT2D eigenvalue weighted by Crippen LogP contribution is 2.40. The summed E-state index contributed by atoms with van der Waals surface area (Å²) in [6.45, 7) is 0. The number of nitrogens with two attached hydrogens (primary N) is 1. The lowest BCUT2D eigenvalue weighted by Gasteiger charge is -2.38. The summed E-state index contributed by atoms with van der Waals surface area (Å²) in [5.41, 5.74) is 9.38. The van der Waals surface area contributed by atoms with Crippen molar-refractivity contribution >= 4 is 51.8 Å². The average Bonchev–Trinajstić information content (AvgIpc) is 3.29. The molecule has 2 atom stereocenters. The van der Waals surface area contributed by atoms with Crippen molar-refractivity contribution in [3.63, 3.8) is 0 Å². The summed E-state index contributed by atoms with van der Waals surface area (Å²) in [4.78, 5) is 27.8. The molecule has 5 heterocycles. The van der Waals surface area contributed by atoms with E-state index in [1.807, 2.05) is 30.6 Å². The van der Waals surface area contributed by atoms with Crippen molar-refractivity contribution in [3.8, 4) is 11.1 Å². The standard InChI is InChI=1S/C23H23ClN6O.ClH/c1-29-7-6-16-17(23(29)31)5-4-15(20(16)24)18-10-27-22-21(18)26-11-19(28-22)30-13-2-3-14(30)9-12(25)8-13;/h4-7,10-14H,2-3,8-9,25H2,1H3,(H,27,28);1H. The molecular formula is C23H24Cl2N6O. The Balaban J connectivity index is 0.00000216. The van der Waals surface area contributed by atoms with Crippen LogP contribution in [0.1, 0.15) is 25.7 Å². The summed E-state index contributed by atoms with van der Waals surface area (Å²) >= 11 is 6.74. The van der Waals surface area contributed by atoms with Crippen LogP contribution < -0.4 is 16.2 Å². The molecule has 0 amide bonds. The first-order chi connectivity index (χ1) is 15.0. The number of piperidine rings is 1. The van der Waals surface area contributed by atoms with E-state index in [-0.39, 0.29) is 24.0 Å². The number of rotatable bonds is 2. The molecule has 4 aromatic rings. The Bertz CT molecular complexity index is 1380. The molecule has 2 saturated heterocycles. The molecular weight excluding hydrogens is 447 g/mol. The number of H-pyrrole nitrogens is 1. The number of nitrogens with zero attached hydrogens (tertiary/aromatic N) is 4. The first-order valence-corrected chi connectivity index (χ1v) is 11.1. The normalized spacial score (nSPS) is 22.5. The molecule has 32 heavy (non-hydrogen) atoms. The minimum atomic E-state index is -0.0646. The van der Waals surface area contributed by atoms with Crippen LogP contribution in [-0.4, -0.2) is 37.6 Å². The predicted octanol–water partition coefficient (Wildman–Crippen LogP) is 4.01. The van der Waals surface area contributed by atoms with E-state index in [0.29, 0.717) is 22.5 Å². The number of aromatic nitrogens is 4. The van der Waals surface area contributed by atoms with Gasteiger partial charge in [0.1, 0.15) is 11.3 Å². The van der Waals surface area contributed by atoms with Gasteiger partial charge in [-0.3, -0.25) is 4.79 Å². The minimum Gasteiger partial charge on any atom is -0.349 e. The second-order valence-corrected chi connectivity index (χ2v) is 9.15. The Morgan fingerprint density at radius 1 is 1.12 bits per heavy atom. The number of hydrogen-bond acceptors (Lipinski definition) is 5. The van der Waals surface area contributed by atoms with E-state index in [0.717, 1.165) is 46.3 Å². The highest BCUT2D eigenvalue weighted by molar-refractivity contribution is 6.38. The maximum atomic E-state index is 12.4. The maximum absolute atomic E-state index is 12.4. The summed E-state index contributed by atoms with van der Waals surface area (Å²) in [6.07, 6.45) is 9.85. The van der Waals surface area contributed by atoms with Crippen LogP contribution in [0.25, 0.3) is 33.1 Å². The molecule has 2 unspecified atom stereocenters. The van der Waals surface area contributed by atoms with Gasteiger partial charge in [-0.1, -0.05) is 17.7 Å². The molecule has 3 aromatic heterocycles. The van der Waals surface area contributed by atoms with Gasteiger partial charge in [-0.15, -0.1) is 12.4 Å². The van der Waals surface area contributed by atoms with Crippen molar-refractivity contribution in [2.75, 3.05) is 4.90 Å². The quantitative estimate of drug-likeness (QED) is 0.461. The van der Waals surface area contributed by atoms with Gasteiger partial charge in [0.15, 0.2) is 5.65 Å². The van der Waals surface area contributed by atoms with Gasteiger partial charge in [0, 0.05) is 59.5 Å². The molecule has 1 aromatic carbocycles.